The Morgan fingerprint density at radius 2 is 2.20 bits per heavy atom. The number of nitro groups is 1. The molecule has 2 rings (SSSR count). The van der Waals surface area contributed by atoms with Gasteiger partial charge in [-0.1, -0.05) is 23.7 Å². The van der Waals surface area contributed by atoms with E-state index in [4.69, 9.17) is 16.3 Å². The van der Waals surface area contributed by atoms with Crippen molar-refractivity contribution in [3.8, 4) is 5.75 Å². The molecule has 9 heteroatoms. The van der Waals surface area contributed by atoms with E-state index in [0.29, 0.717) is 5.56 Å². The summed E-state index contributed by atoms with van der Waals surface area (Å²) < 4.78 is 18.7. The SMILES string of the molecule is Cc1ccc(OCC(=O)NN=Cc2c(F)cccc2Cl)c([N+](=O)[O-])c1. The first kappa shape index (κ1) is 18.3. The van der Waals surface area contributed by atoms with Crippen LogP contribution in [-0.4, -0.2) is 23.7 Å². The number of amides is 1. The molecule has 0 spiro atoms. The molecule has 0 aliphatic rings. The van der Waals surface area contributed by atoms with E-state index in [1.807, 2.05) is 0 Å². The van der Waals surface area contributed by atoms with Crippen molar-refractivity contribution in [3.63, 3.8) is 0 Å². The first-order chi connectivity index (χ1) is 11.9. The Kier molecular flexibility index (Phi) is 6.02. The van der Waals surface area contributed by atoms with Crippen LogP contribution in [0.4, 0.5) is 10.1 Å². The van der Waals surface area contributed by atoms with Crippen molar-refractivity contribution in [1.82, 2.24) is 5.43 Å². The van der Waals surface area contributed by atoms with Crippen LogP contribution < -0.4 is 10.2 Å². The maximum absolute atomic E-state index is 13.5. The largest absolute Gasteiger partial charge is 0.477 e. The second-order valence-electron chi connectivity index (χ2n) is 4.95. The molecule has 0 fully saturated rings. The van der Waals surface area contributed by atoms with E-state index in [2.05, 4.69) is 10.5 Å². The van der Waals surface area contributed by atoms with Crippen LogP contribution in [0.3, 0.4) is 0 Å². The van der Waals surface area contributed by atoms with Crippen LogP contribution in [0.5, 0.6) is 5.75 Å². The number of hydrogen-bond acceptors (Lipinski definition) is 5. The van der Waals surface area contributed by atoms with Gasteiger partial charge < -0.3 is 4.74 Å². The van der Waals surface area contributed by atoms with Crippen molar-refractivity contribution in [1.29, 1.82) is 0 Å². The second-order valence-corrected chi connectivity index (χ2v) is 5.35. The Morgan fingerprint density at radius 3 is 2.88 bits per heavy atom. The van der Waals surface area contributed by atoms with Gasteiger partial charge in [0.15, 0.2) is 12.4 Å². The first-order valence-corrected chi connectivity index (χ1v) is 7.40. The number of carbonyl (C=O) groups is 1. The summed E-state index contributed by atoms with van der Waals surface area (Å²) in [5.41, 5.74) is 2.60. The molecule has 0 aromatic heterocycles. The molecule has 0 atom stereocenters. The second kappa shape index (κ2) is 8.20. The minimum absolute atomic E-state index is 0.0274. The number of aryl methyl sites for hydroxylation is 1. The molecular weight excluding hydrogens is 353 g/mol. The van der Waals surface area contributed by atoms with Crippen molar-refractivity contribution in [2.45, 2.75) is 6.92 Å². The van der Waals surface area contributed by atoms with E-state index in [-0.39, 0.29) is 22.0 Å². The number of nitrogens with zero attached hydrogens (tertiary/aromatic N) is 2. The molecule has 0 aliphatic carbocycles. The fourth-order valence-corrected chi connectivity index (χ4v) is 2.08. The zero-order valence-corrected chi connectivity index (χ0v) is 13.8. The molecule has 0 aliphatic heterocycles. The molecule has 2 aromatic carbocycles. The summed E-state index contributed by atoms with van der Waals surface area (Å²) in [5.74, 6) is -1.29. The van der Waals surface area contributed by atoms with Gasteiger partial charge in [0, 0.05) is 11.6 Å². The van der Waals surface area contributed by atoms with Gasteiger partial charge >= 0.3 is 5.69 Å². The summed E-state index contributed by atoms with van der Waals surface area (Å²) in [6.45, 7) is 1.21. The third kappa shape index (κ3) is 4.98. The van der Waals surface area contributed by atoms with E-state index < -0.39 is 23.3 Å². The quantitative estimate of drug-likeness (QED) is 0.483. The summed E-state index contributed by atoms with van der Waals surface area (Å²) in [4.78, 5) is 22.0. The number of nitrogens with one attached hydrogen (secondary N) is 1. The fraction of sp³-hybridized carbons (Fsp3) is 0.125. The summed E-state index contributed by atoms with van der Waals surface area (Å²) in [6.07, 6.45) is 1.06. The van der Waals surface area contributed by atoms with E-state index in [1.165, 1.54) is 30.3 Å². The van der Waals surface area contributed by atoms with Crippen LogP contribution in [0.2, 0.25) is 5.02 Å². The Morgan fingerprint density at radius 1 is 1.44 bits per heavy atom. The number of halogens is 2. The number of hydrogen-bond donors (Lipinski definition) is 1. The predicted molar refractivity (Wildman–Crippen MR) is 90.5 cm³/mol. The monoisotopic (exact) mass is 365 g/mol. The maximum atomic E-state index is 13.5. The summed E-state index contributed by atoms with van der Waals surface area (Å²) in [7, 11) is 0. The molecule has 25 heavy (non-hydrogen) atoms. The Balaban J connectivity index is 1.96. The molecule has 0 saturated heterocycles. The van der Waals surface area contributed by atoms with Gasteiger partial charge in [0.05, 0.1) is 16.2 Å². The Labute approximate surface area is 147 Å². The van der Waals surface area contributed by atoms with Gasteiger partial charge in [-0.2, -0.15) is 5.10 Å². The summed E-state index contributed by atoms with van der Waals surface area (Å²) in [5, 5.41) is 14.7. The highest BCUT2D eigenvalue weighted by Crippen LogP contribution is 2.27. The Hall–Kier alpha value is -3.00. The highest BCUT2D eigenvalue weighted by molar-refractivity contribution is 6.33. The molecule has 130 valence electrons. The highest BCUT2D eigenvalue weighted by atomic mass is 35.5. The van der Waals surface area contributed by atoms with Gasteiger partial charge in [0.2, 0.25) is 0 Å². The predicted octanol–water partition coefficient (Wildman–Crippen LogP) is 3.22. The standard InChI is InChI=1S/C16H13ClFN3O4/c1-10-5-6-15(14(7-10)21(23)24)25-9-16(22)20-19-8-11-12(17)3-2-4-13(11)18/h2-8H,9H2,1H3,(H,20,22). The molecule has 2 aromatic rings. The molecule has 0 saturated carbocycles. The first-order valence-electron chi connectivity index (χ1n) is 7.02. The fourth-order valence-electron chi connectivity index (χ4n) is 1.87. The average Bonchev–Trinajstić information content (AvgIpc) is 2.56. The van der Waals surface area contributed by atoms with Crippen LogP contribution in [0.1, 0.15) is 11.1 Å². The van der Waals surface area contributed by atoms with E-state index >= 15 is 0 Å². The summed E-state index contributed by atoms with van der Waals surface area (Å²) in [6, 6.07) is 8.49. The number of ether oxygens (including phenoxy) is 1. The summed E-state index contributed by atoms with van der Waals surface area (Å²) >= 11 is 5.81. The lowest BCUT2D eigenvalue weighted by atomic mass is 10.2. The van der Waals surface area contributed by atoms with Crippen molar-refractivity contribution < 1.29 is 18.8 Å². The van der Waals surface area contributed by atoms with Crippen LogP contribution in [-0.2, 0) is 4.79 Å². The number of hydrazone groups is 1. The van der Waals surface area contributed by atoms with E-state index in [9.17, 15) is 19.3 Å². The lowest BCUT2D eigenvalue weighted by molar-refractivity contribution is -0.385. The molecular formula is C16H13ClFN3O4. The minimum atomic E-state index is -0.668. The van der Waals surface area contributed by atoms with Crippen molar-refractivity contribution in [3.05, 3.63) is 68.5 Å². The van der Waals surface area contributed by atoms with Crippen LogP contribution in [0.25, 0.3) is 0 Å². The third-order valence-electron chi connectivity index (χ3n) is 3.05. The van der Waals surface area contributed by atoms with Gasteiger partial charge in [0.25, 0.3) is 5.91 Å². The molecule has 0 heterocycles. The molecule has 7 nitrogen and oxygen atoms in total. The maximum Gasteiger partial charge on any atom is 0.311 e. The lowest BCUT2D eigenvalue weighted by Gasteiger charge is -2.06. The number of carbonyl (C=O) groups excluding carboxylic acids is 1. The normalized spacial score (nSPS) is 10.7. The minimum Gasteiger partial charge on any atom is -0.477 e. The van der Waals surface area contributed by atoms with Crippen LogP contribution in [0.15, 0.2) is 41.5 Å². The molecule has 0 radical (unpaired) electrons. The van der Waals surface area contributed by atoms with Crippen molar-refractivity contribution in [2.24, 2.45) is 5.10 Å². The van der Waals surface area contributed by atoms with Gasteiger partial charge in [-0.3, -0.25) is 14.9 Å². The van der Waals surface area contributed by atoms with Crippen LogP contribution >= 0.6 is 11.6 Å². The average molecular weight is 366 g/mol. The third-order valence-corrected chi connectivity index (χ3v) is 3.38. The lowest BCUT2D eigenvalue weighted by Crippen LogP contribution is -2.24. The van der Waals surface area contributed by atoms with E-state index in [0.717, 1.165) is 6.21 Å². The zero-order chi connectivity index (χ0) is 18.4. The molecule has 0 unspecified atom stereocenters. The zero-order valence-electron chi connectivity index (χ0n) is 13.0. The number of nitro benzene ring substituents is 1. The van der Waals surface area contributed by atoms with Gasteiger partial charge in [-0.05, 0) is 30.7 Å². The van der Waals surface area contributed by atoms with Crippen molar-refractivity contribution >= 4 is 29.4 Å². The van der Waals surface area contributed by atoms with Gasteiger partial charge in [-0.25, -0.2) is 9.82 Å². The van der Waals surface area contributed by atoms with Gasteiger partial charge in [-0.15, -0.1) is 0 Å². The number of rotatable bonds is 6. The Bertz CT molecular complexity index is 822. The molecule has 0 bridgehead atoms. The van der Waals surface area contributed by atoms with Crippen LogP contribution in [0, 0.1) is 22.9 Å². The highest BCUT2D eigenvalue weighted by Gasteiger charge is 2.16. The van der Waals surface area contributed by atoms with Gasteiger partial charge in [0.1, 0.15) is 5.82 Å². The number of benzene rings is 2. The topological polar surface area (TPSA) is 93.8 Å². The molecule has 1 amide bonds. The molecule has 1 N–H and O–H groups in total. The van der Waals surface area contributed by atoms with Crippen molar-refractivity contribution in [2.75, 3.05) is 6.61 Å². The van der Waals surface area contributed by atoms with E-state index in [1.54, 1.807) is 13.0 Å². The smallest absolute Gasteiger partial charge is 0.311 e.